The van der Waals surface area contributed by atoms with E-state index in [9.17, 15) is 4.79 Å². The summed E-state index contributed by atoms with van der Waals surface area (Å²) < 4.78 is 1.93. The Labute approximate surface area is 117 Å². The molecular formula is C14H17N3OS. The zero-order valence-electron chi connectivity index (χ0n) is 11.0. The van der Waals surface area contributed by atoms with Crippen LogP contribution < -0.4 is 5.32 Å². The second-order valence-electron chi connectivity index (χ2n) is 4.34. The molecule has 0 radical (unpaired) electrons. The Hall–Kier alpha value is -1.75. The fourth-order valence-electron chi connectivity index (χ4n) is 1.82. The van der Waals surface area contributed by atoms with Crippen molar-refractivity contribution < 1.29 is 4.79 Å². The number of thioether (sulfide) groups is 1. The summed E-state index contributed by atoms with van der Waals surface area (Å²) in [5.41, 5.74) is 0.842. The van der Waals surface area contributed by atoms with Crippen LogP contribution in [-0.2, 0) is 4.79 Å². The van der Waals surface area contributed by atoms with Crippen LogP contribution in [0.25, 0.3) is 0 Å². The monoisotopic (exact) mass is 275 g/mol. The van der Waals surface area contributed by atoms with E-state index in [2.05, 4.69) is 10.3 Å². The molecule has 0 saturated carbocycles. The number of carbonyl (C=O) groups excluding carboxylic acids is 1. The third-order valence-electron chi connectivity index (χ3n) is 2.87. The molecule has 1 aromatic heterocycles. The number of amides is 1. The molecule has 1 aromatic carbocycles. The van der Waals surface area contributed by atoms with Gasteiger partial charge in [-0.2, -0.15) is 0 Å². The highest BCUT2D eigenvalue weighted by Crippen LogP contribution is 2.19. The van der Waals surface area contributed by atoms with Crippen LogP contribution >= 0.6 is 11.8 Å². The van der Waals surface area contributed by atoms with Crippen molar-refractivity contribution in [1.29, 1.82) is 0 Å². The largest absolute Gasteiger partial charge is 0.334 e. The maximum absolute atomic E-state index is 12.0. The molecule has 0 unspecified atom stereocenters. The number of nitrogens with zero attached hydrogens (tertiary/aromatic N) is 2. The average molecular weight is 275 g/mol. The summed E-state index contributed by atoms with van der Waals surface area (Å²) >= 11 is 1.66. The lowest BCUT2D eigenvalue weighted by atomic mass is 10.2. The Kier molecular flexibility index (Phi) is 4.63. The molecule has 0 aliphatic carbocycles. The normalized spacial score (nSPS) is 12.1. The molecule has 1 amide bonds. The van der Waals surface area contributed by atoms with Gasteiger partial charge in [0.15, 0.2) is 0 Å². The first-order valence-electron chi connectivity index (χ1n) is 6.10. The minimum atomic E-state index is 0.0134. The number of hydrogen-bond donors (Lipinski definition) is 1. The lowest BCUT2D eigenvalue weighted by Gasteiger charge is -2.13. The minimum Gasteiger partial charge on any atom is -0.334 e. The Morgan fingerprint density at radius 3 is 3.05 bits per heavy atom. The van der Waals surface area contributed by atoms with Gasteiger partial charge in [0, 0.05) is 35.4 Å². The Bertz CT molecular complexity index is 539. The van der Waals surface area contributed by atoms with Gasteiger partial charge in [0.05, 0.1) is 6.33 Å². The van der Waals surface area contributed by atoms with Gasteiger partial charge in [0.1, 0.15) is 0 Å². The van der Waals surface area contributed by atoms with E-state index in [-0.39, 0.29) is 11.9 Å². The van der Waals surface area contributed by atoms with Crippen LogP contribution in [0.4, 0.5) is 5.69 Å². The van der Waals surface area contributed by atoms with Crippen LogP contribution in [0.5, 0.6) is 0 Å². The second-order valence-corrected chi connectivity index (χ2v) is 5.22. The molecule has 19 heavy (non-hydrogen) atoms. The molecule has 0 aliphatic rings. The number of nitrogens with one attached hydrogen (secondary N) is 1. The standard InChI is InChI=1S/C14H17N3OS/c1-11(17-7-6-15-10-17)8-14(18)16-12-4-3-5-13(9-12)19-2/h3-7,9-11H,8H2,1-2H3,(H,16,18)/t11-/m0/s1. The number of aromatic nitrogens is 2. The predicted octanol–water partition coefficient (Wildman–Crippen LogP) is 3.19. The minimum absolute atomic E-state index is 0.0134. The van der Waals surface area contributed by atoms with Crippen LogP contribution in [0.1, 0.15) is 19.4 Å². The third kappa shape index (κ3) is 3.86. The Morgan fingerprint density at radius 2 is 2.37 bits per heavy atom. The third-order valence-corrected chi connectivity index (χ3v) is 3.59. The molecule has 2 aromatic rings. The summed E-state index contributed by atoms with van der Waals surface area (Å²) in [4.78, 5) is 17.1. The van der Waals surface area contributed by atoms with Gasteiger partial charge >= 0.3 is 0 Å². The lowest BCUT2D eigenvalue weighted by Crippen LogP contribution is -2.16. The Balaban J connectivity index is 1.93. The van der Waals surface area contributed by atoms with E-state index in [4.69, 9.17) is 0 Å². The molecule has 0 aliphatic heterocycles. The lowest BCUT2D eigenvalue weighted by molar-refractivity contribution is -0.116. The number of rotatable bonds is 5. The number of anilines is 1. The SMILES string of the molecule is CSc1cccc(NC(=O)C[C@H](C)n2ccnc2)c1. The van der Waals surface area contributed by atoms with Crippen molar-refractivity contribution >= 4 is 23.4 Å². The van der Waals surface area contributed by atoms with Gasteiger partial charge < -0.3 is 9.88 Å². The summed E-state index contributed by atoms with van der Waals surface area (Å²) in [6, 6.07) is 7.95. The van der Waals surface area contributed by atoms with Gasteiger partial charge in [-0.05, 0) is 31.4 Å². The zero-order chi connectivity index (χ0) is 13.7. The summed E-state index contributed by atoms with van der Waals surface area (Å²) in [5.74, 6) is 0.0134. The molecule has 1 N–H and O–H groups in total. The van der Waals surface area contributed by atoms with Gasteiger partial charge in [-0.25, -0.2) is 4.98 Å². The molecule has 1 heterocycles. The van der Waals surface area contributed by atoms with Crippen molar-refractivity contribution in [2.24, 2.45) is 0 Å². The number of hydrogen-bond acceptors (Lipinski definition) is 3. The average Bonchev–Trinajstić information content (AvgIpc) is 2.92. The van der Waals surface area contributed by atoms with E-state index in [0.29, 0.717) is 6.42 Å². The van der Waals surface area contributed by atoms with Crippen molar-refractivity contribution in [1.82, 2.24) is 9.55 Å². The maximum atomic E-state index is 12.0. The molecule has 0 fully saturated rings. The highest BCUT2D eigenvalue weighted by atomic mass is 32.2. The first-order chi connectivity index (χ1) is 9.19. The smallest absolute Gasteiger partial charge is 0.226 e. The second kappa shape index (κ2) is 6.43. The summed E-state index contributed by atoms with van der Waals surface area (Å²) in [5, 5.41) is 2.92. The van der Waals surface area contributed by atoms with Crippen molar-refractivity contribution in [3.8, 4) is 0 Å². The van der Waals surface area contributed by atoms with E-state index in [1.807, 2.05) is 48.2 Å². The van der Waals surface area contributed by atoms with Gasteiger partial charge in [-0.1, -0.05) is 6.07 Å². The summed E-state index contributed by atoms with van der Waals surface area (Å²) in [6.45, 7) is 2.00. The fraction of sp³-hybridized carbons (Fsp3) is 0.286. The van der Waals surface area contributed by atoms with Crippen LogP contribution in [0.3, 0.4) is 0 Å². The quantitative estimate of drug-likeness (QED) is 0.852. The highest BCUT2D eigenvalue weighted by molar-refractivity contribution is 7.98. The van der Waals surface area contributed by atoms with E-state index in [1.165, 1.54) is 0 Å². The van der Waals surface area contributed by atoms with Gasteiger partial charge in [-0.3, -0.25) is 4.79 Å². The van der Waals surface area contributed by atoms with E-state index < -0.39 is 0 Å². The molecule has 2 rings (SSSR count). The summed E-state index contributed by atoms with van der Waals surface area (Å²) in [7, 11) is 0. The van der Waals surface area contributed by atoms with Crippen molar-refractivity contribution in [2.45, 2.75) is 24.3 Å². The van der Waals surface area contributed by atoms with Crippen LogP contribution in [0.2, 0.25) is 0 Å². The highest BCUT2D eigenvalue weighted by Gasteiger charge is 2.10. The molecule has 0 saturated heterocycles. The van der Waals surface area contributed by atoms with Gasteiger partial charge in [0.25, 0.3) is 0 Å². The van der Waals surface area contributed by atoms with Crippen LogP contribution in [0.15, 0.2) is 47.9 Å². The zero-order valence-corrected chi connectivity index (χ0v) is 11.9. The topological polar surface area (TPSA) is 46.9 Å². The number of carbonyl (C=O) groups is 1. The van der Waals surface area contributed by atoms with E-state index in [1.54, 1.807) is 24.3 Å². The van der Waals surface area contributed by atoms with Crippen molar-refractivity contribution in [3.63, 3.8) is 0 Å². The first kappa shape index (κ1) is 13.7. The van der Waals surface area contributed by atoms with Crippen molar-refractivity contribution in [3.05, 3.63) is 43.0 Å². The van der Waals surface area contributed by atoms with Gasteiger partial charge in [-0.15, -0.1) is 11.8 Å². The first-order valence-corrected chi connectivity index (χ1v) is 7.33. The predicted molar refractivity (Wildman–Crippen MR) is 78.4 cm³/mol. The van der Waals surface area contributed by atoms with Crippen molar-refractivity contribution in [2.75, 3.05) is 11.6 Å². The molecule has 100 valence electrons. The van der Waals surface area contributed by atoms with Crippen LogP contribution in [-0.4, -0.2) is 21.7 Å². The fourth-order valence-corrected chi connectivity index (χ4v) is 2.28. The maximum Gasteiger partial charge on any atom is 0.226 e. The van der Waals surface area contributed by atoms with E-state index >= 15 is 0 Å². The molecule has 0 spiro atoms. The van der Waals surface area contributed by atoms with Gasteiger partial charge in [0.2, 0.25) is 5.91 Å². The van der Waals surface area contributed by atoms with Crippen LogP contribution in [0, 0.1) is 0 Å². The molecule has 5 heteroatoms. The molecular weight excluding hydrogens is 258 g/mol. The summed E-state index contributed by atoms with van der Waals surface area (Å²) in [6.07, 6.45) is 7.76. The molecule has 4 nitrogen and oxygen atoms in total. The molecule has 0 bridgehead atoms. The Morgan fingerprint density at radius 1 is 1.53 bits per heavy atom. The van der Waals surface area contributed by atoms with E-state index in [0.717, 1.165) is 10.6 Å². The molecule has 1 atom stereocenters. The number of imidazole rings is 1. The number of benzene rings is 1.